The number of esters is 1. The molecule has 106 valence electrons. The molecule has 0 saturated heterocycles. The monoisotopic (exact) mass is 333 g/mol. The number of hydrogen-bond donors (Lipinski definition) is 1. The Morgan fingerprint density at radius 2 is 2.20 bits per heavy atom. The third-order valence-electron chi connectivity index (χ3n) is 2.16. The highest BCUT2D eigenvalue weighted by Crippen LogP contribution is 2.26. The first kappa shape index (κ1) is 14.7. The molecule has 1 N–H and O–H groups in total. The molecule has 2 rings (SSSR count). The third-order valence-corrected chi connectivity index (χ3v) is 5.20. The molecule has 0 spiro atoms. The summed E-state index contributed by atoms with van der Waals surface area (Å²) in [4.78, 5) is 18.9. The molecule has 2 aromatic heterocycles. The number of nitrogens with zero attached hydrogens (tertiary/aromatic N) is 2. The number of rotatable bonds is 4. The molecule has 2 heterocycles. The highest BCUT2D eigenvalue weighted by molar-refractivity contribution is 7.94. The normalized spacial score (nSPS) is 11.1. The van der Waals surface area contributed by atoms with Gasteiger partial charge in [-0.25, -0.2) is 23.2 Å². The molecular weight excluding hydrogens is 326 g/mol. The van der Waals surface area contributed by atoms with Crippen molar-refractivity contribution in [2.75, 3.05) is 11.8 Å². The Balaban J connectivity index is 2.40. The summed E-state index contributed by atoms with van der Waals surface area (Å²) in [6.07, 6.45) is 1.42. The minimum Gasteiger partial charge on any atom is -0.464 e. The van der Waals surface area contributed by atoms with E-state index in [0.717, 1.165) is 18.4 Å². The lowest BCUT2D eigenvalue weighted by atomic mass is 10.4. The van der Waals surface area contributed by atoms with Gasteiger partial charge in [-0.3, -0.25) is 4.72 Å². The SMILES string of the molecule is COC(=O)c1ncsc1S(=O)(=O)Nc1cccnc1Cl. The molecule has 0 bridgehead atoms. The van der Waals surface area contributed by atoms with Crippen LogP contribution in [0.15, 0.2) is 28.0 Å². The van der Waals surface area contributed by atoms with E-state index >= 15 is 0 Å². The minimum atomic E-state index is -4.00. The average molecular weight is 334 g/mol. The van der Waals surface area contributed by atoms with Gasteiger partial charge < -0.3 is 4.74 Å². The van der Waals surface area contributed by atoms with Gasteiger partial charge in [0.25, 0.3) is 10.0 Å². The number of methoxy groups -OCH3 is 1. The van der Waals surface area contributed by atoms with Crippen LogP contribution < -0.4 is 4.72 Å². The molecule has 10 heteroatoms. The Hall–Kier alpha value is -1.71. The van der Waals surface area contributed by atoms with Crippen LogP contribution in [-0.4, -0.2) is 31.5 Å². The van der Waals surface area contributed by atoms with Crippen molar-refractivity contribution in [3.63, 3.8) is 0 Å². The Kier molecular flexibility index (Phi) is 4.21. The summed E-state index contributed by atoms with van der Waals surface area (Å²) >= 11 is 6.58. The molecule has 7 nitrogen and oxygen atoms in total. The molecule has 0 aliphatic rings. The van der Waals surface area contributed by atoms with Crippen molar-refractivity contribution >= 4 is 44.6 Å². The van der Waals surface area contributed by atoms with Crippen LogP contribution in [0.5, 0.6) is 0 Å². The molecule has 0 unspecified atom stereocenters. The molecule has 0 saturated carbocycles. The van der Waals surface area contributed by atoms with Crippen LogP contribution in [0.4, 0.5) is 5.69 Å². The quantitative estimate of drug-likeness (QED) is 0.676. The maximum atomic E-state index is 12.2. The smallest absolute Gasteiger partial charge is 0.358 e. The van der Waals surface area contributed by atoms with E-state index in [4.69, 9.17) is 11.6 Å². The second-order valence-corrected chi connectivity index (χ2v) is 6.52. The lowest BCUT2D eigenvalue weighted by Crippen LogP contribution is -2.16. The second kappa shape index (κ2) is 5.73. The standard InChI is InChI=1S/C10H8ClN3O4S2/c1-18-9(15)7-10(19-5-13-7)20(16,17)14-6-3-2-4-12-8(6)11/h2-5,14H,1H3. The van der Waals surface area contributed by atoms with Crippen molar-refractivity contribution in [3.05, 3.63) is 34.7 Å². The van der Waals surface area contributed by atoms with Crippen molar-refractivity contribution in [3.8, 4) is 0 Å². The molecule has 0 amide bonds. The Bertz CT molecular complexity index is 744. The lowest BCUT2D eigenvalue weighted by Gasteiger charge is -2.07. The summed E-state index contributed by atoms with van der Waals surface area (Å²) in [7, 11) is -2.86. The largest absolute Gasteiger partial charge is 0.464 e. The van der Waals surface area contributed by atoms with Crippen LogP contribution in [0.1, 0.15) is 10.5 Å². The lowest BCUT2D eigenvalue weighted by molar-refractivity contribution is 0.0590. The highest BCUT2D eigenvalue weighted by atomic mass is 35.5. The van der Waals surface area contributed by atoms with Gasteiger partial charge in [0.05, 0.1) is 18.3 Å². The van der Waals surface area contributed by atoms with Crippen molar-refractivity contribution < 1.29 is 17.9 Å². The maximum Gasteiger partial charge on any atom is 0.358 e. The van der Waals surface area contributed by atoms with E-state index < -0.39 is 16.0 Å². The van der Waals surface area contributed by atoms with Gasteiger partial charge in [0, 0.05) is 6.20 Å². The zero-order chi connectivity index (χ0) is 14.8. The fourth-order valence-corrected chi connectivity index (χ4v) is 3.73. The van der Waals surface area contributed by atoms with E-state index in [-0.39, 0.29) is 20.7 Å². The molecule has 0 fully saturated rings. The summed E-state index contributed by atoms with van der Waals surface area (Å²) in [5.74, 6) is -0.830. The van der Waals surface area contributed by atoms with E-state index in [1.807, 2.05) is 0 Å². The van der Waals surface area contributed by atoms with Crippen LogP contribution >= 0.6 is 22.9 Å². The zero-order valence-corrected chi connectivity index (χ0v) is 12.4. The Morgan fingerprint density at radius 1 is 1.45 bits per heavy atom. The number of pyridine rings is 1. The summed E-state index contributed by atoms with van der Waals surface area (Å²) in [6.45, 7) is 0. The summed E-state index contributed by atoms with van der Waals surface area (Å²) in [6, 6.07) is 2.98. The van der Waals surface area contributed by atoms with Crippen molar-refractivity contribution in [2.24, 2.45) is 0 Å². The van der Waals surface area contributed by atoms with Gasteiger partial charge in [-0.2, -0.15) is 0 Å². The Labute approximate surface area is 123 Å². The number of aromatic nitrogens is 2. The fourth-order valence-electron chi connectivity index (χ4n) is 1.31. The van der Waals surface area contributed by atoms with E-state index in [1.165, 1.54) is 23.8 Å². The second-order valence-electron chi connectivity index (χ2n) is 3.43. The van der Waals surface area contributed by atoms with E-state index in [2.05, 4.69) is 19.4 Å². The first-order chi connectivity index (χ1) is 9.45. The minimum absolute atomic E-state index is 0.000193. The number of thiazole rings is 1. The molecule has 0 aromatic carbocycles. The summed E-state index contributed by atoms with van der Waals surface area (Å²) in [5.41, 5.74) is 1.08. The molecule has 20 heavy (non-hydrogen) atoms. The first-order valence-corrected chi connectivity index (χ1v) is 7.85. The fraction of sp³-hybridized carbons (Fsp3) is 0.100. The molecule has 2 aromatic rings. The van der Waals surface area contributed by atoms with E-state index in [0.29, 0.717) is 0 Å². The molecule has 0 aliphatic carbocycles. The van der Waals surface area contributed by atoms with Crippen LogP contribution in [0.3, 0.4) is 0 Å². The first-order valence-electron chi connectivity index (χ1n) is 5.11. The van der Waals surface area contributed by atoms with E-state index in [9.17, 15) is 13.2 Å². The van der Waals surface area contributed by atoms with Crippen LogP contribution in [0.2, 0.25) is 5.15 Å². The number of sulfonamides is 1. The van der Waals surface area contributed by atoms with Crippen LogP contribution in [-0.2, 0) is 14.8 Å². The van der Waals surface area contributed by atoms with Gasteiger partial charge in [-0.1, -0.05) is 11.6 Å². The van der Waals surface area contributed by atoms with Gasteiger partial charge >= 0.3 is 5.97 Å². The highest BCUT2D eigenvalue weighted by Gasteiger charge is 2.27. The van der Waals surface area contributed by atoms with Crippen LogP contribution in [0.25, 0.3) is 0 Å². The number of carbonyl (C=O) groups excluding carboxylic acids is 1. The molecular formula is C10H8ClN3O4S2. The predicted molar refractivity (Wildman–Crippen MR) is 73.5 cm³/mol. The van der Waals surface area contributed by atoms with E-state index in [1.54, 1.807) is 0 Å². The van der Waals surface area contributed by atoms with Gasteiger partial charge in [-0.15, -0.1) is 11.3 Å². The van der Waals surface area contributed by atoms with Gasteiger partial charge in [-0.05, 0) is 12.1 Å². The summed E-state index contributed by atoms with van der Waals surface area (Å²) in [5, 5.41) is 0.000193. The number of carbonyl (C=O) groups is 1. The molecule has 0 aliphatic heterocycles. The topological polar surface area (TPSA) is 98.2 Å². The molecule has 0 radical (unpaired) electrons. The summed E-state index contributed by atoms with van der Waals surface area (Å²) < 4.78 is 30.9. The van der Waals surface area contributed by atoms with Gasteiger partial charge in [0.1, 0.15) is 0 Å². The van der Waals surface area contributed by atoms with Gasteiger partial charge in [0.15, 0.2) is 15.1 Å². The number of ether oxygens (including phenoxy) is 1. The van der Waals surface area contributed by atoms with Crippen LogP contribution in [0, 0.1) is 0 Å². The number of halogens is 1. The van der Waals surface area contributed by atoms with Crippen molar-refractivity contribution in [2.45, 2.75) is 4.21 Å². The number of hydrogen-bond acceptors (Lipinski definition) is 7. The average Bonchev–Trinajstić information content (AvgIpc) is 2.90. The van der Waals surface area contributed by atoms with Crippen molar-refractivity contribution in [1.29, 1.82) is 0 Å². The maximum absolute atomic E-state index is 12.2. The Morgan fingerprint density at radius 3 is 2.85 bits per heavy atom. The third kappa shape index (κ3) is 2.89. The zero-order valence-electron chi connectivity index (χ0n) is 10.0. The predicted octanol–water partition coefficient (Wildman–Crippen LogP) is 1.78. The van der Waals surface area contributed by atoms with Crippen molar-refractivity contribution in [1.82, 2.24) is 9.97 Å². The number of anilines is 1. The molecule has 0 atom stereocenters. The number of nitrogens with one attached hydrogen (secondary N) is 1. The van der Waals surface area contributed by atoms with Gasteiger partial charge in [0.2, 0.25) is 0 Å².